The van der Waals surface area contributed by atoms with Gasteiger partial charge in [0.05, 0.1) is 17.4 Å². The second kappa shape index (κ2) is 8.12. The molecule has 5 nitrogen and oxygen atoms in total. The number of hydroxylamine groups is 1. The summed E-state index contributed by atoms with van der Waals surface area (Å²) < 4.78 is 0.883. The zero-order valence-electron chi connectivity index (χ0n) is 18.7. The molecule has 3 atom stereocenters. The van der Waals surface area contributed by atoms with Crippen molar-refractivity contribution in [1.29, 1.82) is 0 Å². The largest absolute Gasteiger partial charge is 0.273 e. The van der Waals surface area contributed by atoms with Crippen LogP contribution in [0.1, 0.15) is 37.9 Å². The van der Waals surface area contributed by atoms with Crippen molar-refractivity contribution in [3.05, 3.63) is 94.5 Å². The van der Waals surface area contributed by atoms with E-state index in [1.807, 2.05) is 54.6 Å². The number of hydrogen-bond donors (Lipinski definition) is 0. The lowest BCUT2D eigenvalue weighted by Crippen LogP contribution is -2.37. The van der Waals surface area contributed by atoms with Crippen molar-refractivity contribution < 1.29 is 14.4 Å². The zero-order valence-corrected chi connectivity index (χ0v) is 20.3. The molecule has 5 rings (SSSR count). The van der Waals surface area contributed by atoms with Crippen molar-refractivity contribution >= 4 is 39.1 Å². The average Bonchev–Trinajstić information content (AvgIpc) is 3.31. The lowest BCUT2D eigenvalue weighted by molar-refractivity contribution is -0.126. The van der Waals surface area contributed by atoms with Gasteiger partial charge in [-0.2, -0.15) is 0 Å². The van der Waals surface area contributed by atoms with Crippen molar-refractivity contribution in [3.63, 3.8) is 0 Å². The quantitative estimate of drug-likeness (QED) is 0.423. The smallest absolute Gasteiger partial charge is 0.266 e. The van der Waals surface area contributed by atoms with Gasteiger partial charge in [0.2, 0.25) is 5.91 Å². The molecule has 0 radical (unpaired) electrons. The monoisotopic (exact) mass is 504 g/mol. The Bertz CT molecular complexity index is 1190. The number of halogens is 1. The molecule has 3 aromatic carbocycles. The molecule has 168 valence electrons. The first-order chi connectivity index (χ1) is 15.8. The first kappa shape index (κ1) is 21.9. The standard InChI is InChI=1S/C27H25BrN2O3/c1-27(2,3)18-11-9-17(10-12-18)23-22-24(33-30(23)21-7-5-4-6-8-21)26(32)29(25(22)31)20-15-13-19(28)14-16-20/h4-16,22-24H,1-3H3/t22-,23+,24+/m1/s1. The van der Waals surface area contributed by atoms with Gasteiger partial charge in [-0.15, -0.1) is 0 Å². The molecule has 0 saturated carbocycles. The van der Waals surface area contributed by atoms with Crippen LogP contribution in [0.25, 0.3) is 0 Å². The van der Waals surface area contributed by atoms with Gasteiger partial charge in [-0.3, -0.25) is 14.4 Å². The van der Waals surface area contributed by atoms with E-state index in [4.69, 9.17) is 4.84 Å². The normalized spacial score (nSPS) is 22.7. The van der Waals surface area contributed by atoms with Gasteiger partial charge in [0.15, 0.2) is 6.10 Å². The third-order valence-corrected chi connectivity index (χ3v) is 6.86. The molecule has 0 N–H and O–H groups in total. The Morgan fingerprint density at radius 3 is 2.03 bits per heavy atom. The predicted octanol–water partition coefficient (Wildman–Crippen LogP) is 5.80. The number of fused-ring (bicyclic) bond motifs is 1. The summed E-state index contributed by atoms with van der Waals surface area (Å²) in [5.41, 5.74) is 3.53. The molecule has 2 saturated heterocycles. The topological polar surface area (TPSA) is 49.9 Å². The summed E-state index contributed by atoms with van der Waals surface area (Å²) in [6, 6.07) is 24.7. The van der Waals surface area contributed by atoms with Crippen LogP contribution in [0.3, 0.4) is 0 Å². The van der Waals surface area contributed by atoms with Crippen LogP contribution in [0.15, 0.2) is 83.3 Å². The molecule has 0 unspecified atom stereocenters. The first-order valence-corrected chi connectivity index (χ1v) is 11.8. The zero-order chi connectivity index (χ0) is 23.3. The Labute approximate surface area is 202 Å². The number of nitrogens with zero attached hydrogens (tertiary/aromatic N) is 2. The minimum Gasteiger partial charge on any atom is -0.273 e. The molecule has 6 heteroatoms. The van der Waals surface area contributed by atoms with Crippen molar-refractivity contribution in [2.75, 3.05) is 9.96 Å². The molecule has 0 bridgehead atoms. The molecule has 2 aliphatic heterocycles. The highest BCUT2D eigenvalue weighted by Gasteiger charge is 2.60. The van der Waals surface area contributed by atoms with E-state index in [0.29, 0.717) is 5.69 Å². The summed E-state index contributed by atoms with van der Waals surface area (Å²) in [5.74, 6) is -1.21. The van der Waals surface area contributed by atoms with Crippen LogP contribution in [0, 0.1) is 5.92 Å². The Hall–Kier alpha value is -2.96. The highest BCUT2D eigenvalue weighted by atomic mass is 79.9. The average molecular weight is 505 g/mol. The van der Waals surface area contributed by atoms with Gasteiger partial charge in [0.1, 0.15) is 5.92 Å². The maximum Gasteiger partial charge on any atom is 0.266 e. The second-order valence-corrected chi connectivity index (χ2v) is 10.4. The molecule has 0 aliphatic carbocycles. The summed E-state index contributed by atoms with van der Waals surface area (Å²) in [4.78, 5) is 34.5. The summed E-state index contributed by atoms with van der Waals surface area (Å²) in [6.07, 6.45) is -0.867. The number of benzene rings is 3. The highest BCUT2D eigenvalue weighted by molar-refractivity contribution is 9.10. The molecule has 2 fully saturated rings. The fourth-order valence-corrected chi connectivity index (χ4v) is 4.84. The molecule has 2 aliphatic rings. The van der Waals surface area contributed by atoms with Gasteiger partial charge in [-0.25, -0.2) is 9.96 Å². The van der Waals surface area contributed by atoms with Gasteiger partial charge in [0, 0.05) is 4.47 Å². The molecule has 2 heterocycles. The fraction of sp³-hybridized carbons (Fsp3) is 0.259. The van der Waals surface area contributed by atoms with E-state index < -0.39 is 18.1 Å². The number of hydrogen-bond acceptors (Lipinski definition) is 4. The number of anilines is 2. The van der Waals surface area contributed by atoms with Crippen LogP contribution >= 0.6 is 15.9 Å². The number of para-hydroxylation sites is 1. The van der Waals surface area contributed by atoms with Crippen molar-refractivity contribution in [3.8, 4) is 0 Å². The van der Waals surface area contributed by atoms with Gasteiger partial charge >= 0.3 is 0 Å². The third-order valence-electron chi connectivity index (χ3n) is 6.33. The lowest BCUT2D eigenvalue weighted by Gasteiger charge is -2.29. The molecule has 2 amide bonds. The Kier molecular flexibility index (Phi) is 5.38. The van der Waals surface area contributed by atoms with E-state index in [-0.39, 0.29) is 17.2 Å². The van der Waals surface area contributed by atoms with Gasteiger partial charge in [-0.05, 0) is 52.9 Å². The highest BCUT2D eigenvalue weighted by Crippen LogP contribution is 2.47. The van der Waals surface area contributed by atoms with E-state index in [1.54, 1.807) is 17.2 Å². The number of carbonyl (C=O) groups is 2. The van der Waals surface area contributed by atoms with Crippen LogP contribution in [-0.4, -0.2) is 17.9 Å². The number of rotatable bonds is 3. The molecular formula is C27H25BrN2O3. The molecule has 33 heavy (non-hydrogen) atoms. The Morgan fingerprint density at radius 2 is 1.42 bits per heavy atom. The van der Waals surface area contributed by atoms with Gasteiger partial charge in [-0.1, -0.05) is 79.2 Å². The van der Waals surface area contributed by atoms with Crippen LogP contribution in [0.4, 0.5) is 11.4 Å². The molecule has 0 aromatic heterocycles. The van der Waals surface area contributed by atoms with Crippen LogP contribution < -0.4 is 9.96 Å². The second-order valence-electron chi connectivity index (χ2n) is 9.52. The van der Waals surface area contributed by atoms with Gasteiger partial charge < -0.3 is 0 Å². The lowest BCUT2D eigenvalue weighted by atomic mass is 9.84. The summed E-state index contributed by atoms with van der Waals surface area (Å²) in [6.45, 7) is 6.51. The van der Waals surface area contributed by atoms with Crippen LogP contribution in [0.2, 0.25) is 0 Å². The minimum absolute atomic E-state index is 0.0177. The minimum atomic E-state index is -0.867. The third kappa shape index (κ3) is 3.77. The van der Waals surface area contributed by atoms with E-state index in [1.165, 1.54) is 10.5 Å². The molecular weight excluding hydrogens is 480 g/mol. The van der Waals surface area contributed by atoms with Crippen LogP contribution in [-0.2, 0) is 19.8 Å². The summed E-state index contributed by atoms with van der Waals surface area (Å²) in [5, 5.41) is 1.73. The Balaban J connectivity index is 1.57. The Morgan fingerprint density at radius 1 is 0.788 bits per heavy atom. The summed E-state index contributed by atoms with van der Waals surface area (Å²) >= 11 is 3.41. The predicted molar refractivity (Wildman–Crippen MR) is 132 cm³/mol. The maximum absolute atomic E-state index is 13.7. The van der Waals surface area contributed by atoms with Crippen molar-refractivity contribution in [1.82, 2.24) is 0 Å². The number of imide groups is 1. The number of carbonyl (C=O) groups excluding carboxylic acids is 2. The van der Waals surface area contributed by atoms with Crippen LogP contribution in [0.5, 0.6) is 0 Å². The van der Waals surface area contributed by atoms with E-state index in [0.717, 1.165) is 15.7 Å². The molecule has 0 spiro atoms. The van der Waals surface area contributed by atoms with Crippen molar-refractivity contribution in [2.45, 2.75) is 38.3 Å². The first-order valence-electron chi connectivity index (χ1n) is 11.0. The van der Waals surface area contributed by atoms with E-state index >= 15 is 0 Å². The molecule has 3 aromatic rings. The van der Waals surface area contributed by atoms with E-state index in [2.05, 4.69) is 48.8 Å². The SMILES string of the molecule is CC(C)(C)c1ccc([C@H]2[C@H]3C(=O)N(c4ccc(Br)cc4)C(=O)[C@H]3ON2c2ccccc2)cc1. The van der Waals surface area contributed by atoms with E-state index in [9.17, 15) is 9.59 Å². The van der Waals surface area contributed by atoms with Crippen molar-refractivity contribution in [2.24, 2.45) is 5.92 Å². The maximum atomic E-state index is 13.7. The fourth-order valence-electron chi connectivity index (χ4n) is 4.58. The summed E-state index contributed by atoms with van der Waals surface area (Å²) in [7, 11) is 0. The number of amides is 2. The van der Waals surface area contributed by atoms with Gasteiger partial charge in [0.25, 0.3) is 5.91 Å².